The van der Waals surface area contributed by atoms with E-state index in [1.807, 2.05) is 0 Å². The number of amides is 12. The van der Waals surface area contributed by atoms with Gasteiger partial charge in [0.1, 0.15) is 54.4 Å². The van der Waals surface area contributed by atoms with Crippen LogP contribution in [0.5, 0.6) is 0 Å². The molecule has 0 aromatic rings. The zero-order valence-electron chi connectivity index (χ0n) is 46.2. The minimum atomic E-state index is -1.44. The molecule has 0 bridgehead atoms. The molecule has 0 spiro atoms. The average Bonchev–Trinajstić information content (AvgIpc) is 4.40. The van der Waals surface area contributed by atoms with Crippen LogP contribution in [-0.4, -0.2) is 212 Å². The molecule has 30 nitrogen and oxygen atoms in total. The Morgan fingerprint density at radius 1 is 0.481 bits per heavy atom. The molecule has 5 fully saturated rings. The third-order valence-electron chi connectivity index (χ3n) is 15.6. The first-order valence-electron chi connectivity index (χ1n) is 27.9. The van der Waals surface area contributed by atoms with Crippen molar-refractivity contribution >= 4 is 82.8 Å². The van der Waals surface area contributed by atoms with Crippen LogP contribution in [0.25, 0.3) is 0 Å². The van der Waals surface area contributed by atoms with Gasteiger partial charge in [-0.3, -0.25) is 62.5 Å². The number of rotatable bonds is 28. The molecule has 5 saturated heterocycles. The lowest BCUT2D eigenvalue weighted by Gasteiger charge is -2.35. The number of primary amides is 3. The van der Waals surface area contributed by atoms with Gasteiger partial charge in [0.2, 0.25) is 70.9 Å². The van der Waals surface area contributed by atoms with Crippen LogP contribution >= 0.6 is 0 Å². The van der Waals surface area contributed by atoms with Gasteiger partial charge in [0.15, 0.2) is 5.96 Å². The number of nitrogens with zero attached hydrogens (tertiary/aromatic N) is 6. The second kappa shape index (κ2) is 29.7. The number of carboxylic acids is 1. The zero-order chi connectivity index (χ0) is 59.8. The van der Waals surface area contributed by atoms with E-state index in [9.17, 15) is 67.4 Å². The van der Waals surface area contributed by atoms with Crippen molar-refractivity contribution in [2.24, 2.45) is 45.3 Å². The molecule has 0 radical (unpaired) electrons. The van der Waals surface area contributed by atoms with Gasteiger partial charge in [-0.25, -0.2) is 4.79 Å². The van der Waals surface area contributed by atoms with Crippen LogP contribution in [0.1, 0.15) is 129 Å². The highest BCUT2D eigenvalue weighted by Crippen LogP contribution is 2.29. The third kappa shape index (κ3) is 17.2. The van der Waals surface area contributed by atoms with E-state index in [0.717, 1.165) is 0 Å². The molecule has 5 aliphatic rings. The highest BCUT2D eigenvalue weighted by atomic mass is 16.4. The van der Waals surface area contributed by atoms with Gasteiger partial charge >= 0.3 is 5.97 Å². The lowest BCUT2D eigenvalue weighted by atomic mass is 10.0. The van der Waals surface area contributed by atoms with Gasteiger partial charge in [0.05, 0.1) is 6.04 Å². The van der Waals surface area contributed by atoms with Crippen LogP contribution in [0.2, 0.25) is 0 Å². The number of hydrogen-bond acceptors (Lipinski definition) is 15. The predicted octanol–water partition coefficient (Wildman–Crippen LogP) is -5.20. The van der Waals surface area contributed by atoms with Gasteiger partial charge in [-0.15, -0.1) is 0 Å². The molecule has 30 heteroatoms. The van der Waals surface area contributed by atoms with Crippen molar-refractivity contribution in [3.8, 4) is 0 Å². The zero-order valence-corrected chi connectivity index (χ0v) is 46.2. The van der Waals surface area contributed by atoms with E-state index in [-0.39, 0.29) is 129 Å². The van der Waals surface area contributed by atoms with Crippen molar-refractivity contribution in [2.45, 2.75) is 190 Å². The Labute approximate surface area is 469 Å². The van der Waals surface area contributed by atoms with Crippen LogP contribution in [0, 0.1) is 5.92 Å². The smallest absolute Gasteiger partial charge is 0.326 e. The SMILES string of the molecule is CC(C)[C@H](NC(=O)[C@@H]1CCCN1C(=O)[C@@H]1CCCN1C(=O)[C@H](CCC(N)=O)NC(=O)[C@@H](N)CCC(N)=O)C(=O)N1CCC[C@H]1C(=O)N1CCC[C@H]1C(=O)N[C@@H](CCC(N)=O)C(=O)N[C@@H](CCCN=C(N)N)C(=O)N1CCC[C@H]1C(=O)O. The largest absolute Gasteiger partial charge is 0.480 e. The molecule has 450 valence electrons. The fourth-order valence-corrected chi connectivity index (χ4v) is 11.3. The van der Waals surface area contributed by atoms with Crippen LogP contribution in [0.3, 0.4) is 0 Å². The average molecular weight is 1140 g/mol. The summed E-state index contributed by atoms with van der Waals surface area (Å²) in [5.74, 6) is -10.1. The summed E-state index contributed by atoms with van der Waals surface area (Å²) in [4.78, 5) is 184. The van der Waals surface area contributed by atoms with Crippen LogP contribution in [0.4, 0.5) is 0 Å². The first-order chi connectivity index (χ1) is 38.3. The standard InChI is InChI=1S/C51H82N16O14/c1-27(2)40(62-44(74)33-11-5-23-64(33)47(77)34-12-6-24-65(34)46(76)31(17-20-39(55)70)60-41(71)28(52)15-18-37(53)68)49(79)66-25-7-13-35(66)48(78)63-22-4-10-32(63)43(73)59-29(16-19-38(54)69)42(72)61-30(9-3-21-58-51(56)57)45(75)67-26-8-14-36(67)50(80)81/h27-36,40H,3-26,52H2,1-2H3,(H2,53,68)(H2,54,69)(H2,55,70)(H,59,73)(H,60,71)(H,61,72)(H,62,74)(H,80,81)(H4,56,57,58)/t28-,29-,30-,31-,32-,33-,34-,35-,36-,40-/m0/s1. The summed E-state index contributed by atoms with van der Waals surface area (Å²) in [5.41, 5.74) is 32.9. The predicted molar refractivity (Wildman–Crippen MR) is 287 cm³/mol. The number of carbonyl (C=O) groups excluding carboxylic acids is 12. The molecular formula is C51H82N16O14. The molecular weight excluding hydrogens is 1060 g/mol. The second-order valence-corrected chi connectivity index (χ2v) is 21.8. The Morgan fingerprint density at radius 2 is 0.877 bits per heavy atom. The fraction of sp³-hybridized carbons (Fsp3) is 0.725. The third-order valence-corrected chi connectivity index (χ3v) is 15.6. The Balaban J connectivity index is 1.26. The molecule has 12 amide bonds. The van der Waals surface area contributed by atoms with E-state index in [1.54, 1.807) is 13.8 Å². The Bertz CT molecular complexity index is 2420. The first kappa shape index (κ1) is 64.2. The van der Waals surface area contributed by atoms with Crippen molar-refractivity contribution in [1.82, 2.24) is 45.8 Å². The Morgan fingerprint density at radius 3 is 1.35 bits per heavy atom. The van der Waals surface area contributed by atoms with Gasteiger partial charge in [-0.05, 0) is 102 Å². The van der Waals surface area contributed by atoms with Crippen molar-refractivity contribution < 1.29 is 67.4 Å². The minimum absolute atomic E-state index is 0.0148. The van der Waals surface area contributed by atoms with Gasteiger partial charge in [-0.1, -0.05) is 13.8 Å². The molecule has 5 heterocycles. The maximum Gasteiger partial charge on any atom is 0.326 e. The quantitative estimate of drug-likeness (QED) is 0.0198. The van der Waals surface area contributed by atoms with E-state index in [2.05, 4.69) is 26.3 Å². The van der Waals surface area contributed by atoms with Gasteiger partial charge in [0, 0.05) is 58.5 Å². The number of nitrogens with one attached hydrogen (secondary N) is 4. The summed E-state index contributed by atoms with van der Waals surface area (Å²) in [6, 6.07) is -11.7. The molecule has 0 saturated carbocycles. The summed E-state index contributed by atoms with van der Waals surface area (Å²) in [7, 11) is 0. The van der Waals surface area contributed by atoms with E-state index in [4.69, 9.17) is 34.4 Å². The van der Waals surface area contributed by atoms with Crippen LogP contribution < -0.4 is 55.7 Å². The second-order valence-electron chi connectivity index (χ2n) is 21.8. The molecule has 0 aromatic heterocycles. The van der Waals surface area contributed by atoms with E-state index >= 15 is 0 Å². The van der Waals surface area contributed by atoms with E-state index in [1.165, 1.54) is 24.5 Å². The normalized spacial score (nSPS) is 22.5. The lowest BCUT2D eigenvalue weighted by Crippen LogP contribution is -2.60. The van der Waals surface area contributed by atoms with E-state index in [0.29, 0.717) is 32.1 Å². The lowest BCUT2D eigenvalue weighted by molar-refractivity contribution is -0.150. The molecule has 5 rings (SSSR count). The topological polar surface area (TPSA) is 475 Å². The number of aliphatic imine (C=N–C) groups is 1. The summed E-state index contributed by atoms with van der Waals surface area (Å²) in [5, 5.41) is 20.5. The van der Waals surface area contributed by atoms with Crippen LogP contribution in [-0.2, 0) is 62.3 Å². The molecule has 0 unspecified atom stereocenters. The number of carboxylic acid groups (broad SMARTS) is 1. The number of likely N-dealkylation sites (tertiary alicyclic amines) is 5. The highest BCUT2D eigenvalue weighted by molar-refractivity contribution is 5.99. The minimum Gasteiger partial charge on any atom is -0.480 e. The number of hydrogen-bond donors (Lipinski definition) is 11. The highest BCUT2D eigenvalue weighted by Gasteiger charge is 2.48. The van der Waals surface area contributed by atoms with Gasteiger partial charge in [-0.2, -0.15) is 0 Å². The Hall–Kier alpha value is -7.66. The molecule has 0 aliphatic carbocycles. The summed E-state index contributed by atoms with van der Waals surface area (Å²) >= 11 is 0. The van der Waals surface area contributed by atoms with Crippen molar-refractivity contribution in [2.75, 3.05) is 39.3 Å². The van der Waals surface area contributed by atoms with Crippen LogP contribution in [0.15, 0.2) is 4.99 Å². The molecule has 17 N–H and O–H groups in total. The van der Waals surface area contributed by atoms with Gasteiger partial charge in [0.25, 0.3) is 0 Å². The van der Waals surface area contributed by atoms with Crippen molar-refractivity contribution in [3.05, 3.63) is 0 Å². The molecule has 5 aliphatic heterocycles. The molecule has 81 heavy (non-hydrogen) atoms. The van der Waals surface area contributed by atoms with Crippen molar-refractivity contribution in [3.63, 3.8) is 0 Å². The Kier molecular flexibility index (Phi) is 23.5. The van der Waals surface area contributed by atoms with E-state index < -0.39 is 143 Å². The molecule has 10 atom stereocenters. The number of aliphatic carboxylic acids is 1. The van der Waals surface area contributed by atoms with Gasteiger partial charge < -0.3 is 85.3 Å². The molecule has 0 aromatic carbocycles. The maximum atomic E-state index is 14.6. The number of guanidine groups is 1. The first-order valence-corrected chi connectivity index (χ1v) is 27.9. The summed E-state index contributed by atoms with van der Waals surface area (Å²) < 4.78 is 0. The summed E-state index contributed by atoms with van der Waals surface area (Å²) in [6.07, 6.45) is 1.88. The van der Waals surface area contributed by atoms with Crippen molar-refractivity contribution in [1.29, 1.82) is 0 Å². The number of carbonyl (C=O) groups is 13. The fourth-order valence-electron chi connectivity index (χ4n) is 11.3. The monoisotopic (exact) mass is 1140 g/mol. The summed E-state index contributed by atoms with van der Waals surface area (Å²) in [6.45, 7) is 4.18. The maximum absolute atomic E-state index is 14.6. The number of nitrogens with two attached hydrogens (primary N) is 6.